The van der Waals surface area contributed by atoms with Crippen molar-refractivity contribution >= 4 is 6.09 Å². The predicted molar refractivity (Wildman–Crippen MR) is 78.6 cm³/mol. The topological polar surface area (TPSA) is 82.0 Å². The highest BCUT2D eigenvalue weighted by atomic mass is 16.5. The highest BCUT2D eigenvalue weighted by Gasteiger charge is 2.26. The Kier molecular flexibility index (Phi) is 5.41. The van der Waals surface area contributed by atoms with Crippen LogP contribution >= 0.6 is 0 Å². The number of aliphatic hydroxyl groups is 1. The van der Waals surface area contributed by atoms with E-state index in [2.05, 4.69) is 10.2 Å². The molecule has 0 saturated carbocycles. The Labute approximate surface area is 124 Å². The van der Waals surface area contributed by atoms with E-state index in [4.69, 9.17) is 9.84 Å². The first kappa shape index (κ1) is 15.6. The highest BCUT2D eigenvalue weighted by molar-refractivity contribution is 5.65. The van der Waals surface area contributed by atoms with Crippen LogP contribution in [-0.4, -0.2) is 54.0 Å². The van der Waals surface area contributed by atoms with Gasteiger partial charge in [0.25, 0.3) is 0 Å². The van der Waals surface area contributed by atoms with E-state index in [1.165, 1.54) is 0 Å². The molecule has 1 aromatic rings. The lowest BCUT2D eigenvalue weighted by Crippen LogP contribution is -2.46. The molecule has 2 atom stereocenters. The van der Waals surface area contributed by atoms with Gasteiger partial charge in [0.2, 0.25) is 0 Å². The number of nitrogens with zero attached hydrogens (tertiary/aromatic N) is 1. The number of rotatable bonds is 6. The zero-order chi connectivity index (χ0) is 15.2. The Hall–Kier alpha value is -1.79. The number of carbonyl (C=O) groups is 1. The van der Waals surface area contributed by atoms with Crippen LogP contribution in [0.2, 0.25) is 0 Å². The van der Waals surface area contributed by atoms with E-state index >= 15 is 0 Å². The molecular weight excluding hydrogens is 272 g/mol. The van der Waals surface area contributed by atoms with Gasteiger partial charge in [-0.2, -0.15) is 0 Å². The molecule has 1 heterocycles. The number of nitrogens with one attached hydrogen (secondary N) is 1. The molecule has 116 valence electrons. The first-order valence-electron chi connectivity index (χ1n) is 7.14. The van der Waals surface area contributed by atoms with Crippen LogP contribution < -0.4 is 10.1 Å². The summed E-state index contributed by atoms with van der Waals surface area (Å²) in [5.74, 6) is 0.702. The van der Waals surface area contributed by atoms with Crippen LogP contribution in [0.15, 0.2) is 24.3 Å². The number of hydrogen-bond donors (Lipinski definition) is 3. The van der Waals surface area contributed by atoms with Gasteiger partial charge in [0.05, 0.1) is 13.2 Å². The SMILES string of the molecule is COc1ccc([C@H](O)[C@@H](CN2CCCC2)NC(=O)O)cc1. The van der Waals surface area contributed by atoms with Crippen molar-refractivity contribution in [2.45, 2.75) is 25.0 Å². The molecule has 1 aliphatic rings. The summed E-state index contributed by atoms with van der Waals surface area (Å²) >= 11 is 0. The van der Waals surface area contributed by atoms with Crippen molar-refractivity contribution in [3.8, 4) is 5.75 Å². The summed E-state index contributed by atoms with van der Waals surface area (Å²) in [7, 11) is 1.58. The number of amides is 1. The summed E-state index contributed by atoms with van der Waals surface area (Å²) in [6, 6.07) is 6.47. The van der Waals surface area contributed by atoms with E-state index in [1.54, 1.807) is 31.4 Å². The fourth-order valence-electron chi connectivity index (χ4n) is 2.66. The molecule has 0 unspecified atom stereocenters. The number of ether oxygens (including phenoxy) is 1. The van der Waals surface area contributed by atoms with Gasteiger partial charge in [0.1, 0.15) is 11.9 Å². The minimum atomic E-state index is -1.12. The Morgan fingerprint density at radius 3 is 2.48 bits per heavy atom. The van der Waals surface area contributed by atoms with Crippen LogP contribution in [-0.2, 0) is 0 Å². The van der Waals surface area contributed by atoms with Crippen molar-refractivity contribution in [1.82, 2.24) is 10.2 Å². The van der Waals surface area contributed by atoms with Crippen LogP contribution in [0, 0.1) is 0 Å². The van der Waals surface area contributed by atoms with E-state index in [-0.39, 0.29) is 0 Å². The molecule has 3 N–H and O–H groups in total. The molecule has 0 spiro atoms. The summed E-state index contributed by atoms with van der Waals surface area (Å²) in [6.45, 7) is 2.42. The average Bonchev–Trinajstić information content (AvgIpc) is 2.98. The zero-order valence-corrected chi connectivity index (χ0v) is 12.2. The second-order valence-corrected chi connectivity index (χ2v) is 5.28. The Morgan fingerprint density at radius 1 is 1.33 bits per heavy atom. The van der Waals surface area contributed by atoms with Crippen LogP contribution in [0.4, 0.5) is 4.79 Å². The number of likely N-dealkylation sites (tertiary alicyclic amines) is 1. The summed E-state index contributed by atoms with van der Waals surface area (Å²) in [4.78, 5) is 13.1. The second-order valence-electron chi connectivity index (χ2n) is 5.28. The zero-order valence-electron chi connectivity index (χ0n) is 12.2. The van der Waals surface area contributed by atoms with Gasteiger partial charge in [-0.1, -0.05) is 12.1 Å². The van der Waals surface area contributed by atoms with Crippen molar-refractivity contribution in [2.75, 3.05) is 26.7 Å². The summed E-state index contributed by atoms with van der Waals surface area (Å²) in [5, 5.41) is 21.9. The van der Waals surface area contributed by atoms with Gasteiger partial charge in [0.15, 0.2) is 0 Å². The summed E-state index contributed by atoms with van der Waals surface area (Å²) in [5.41, 5.74) is 0.675. The van der Waals surface area contributed by atoms with Gasteiger partial charge in [-0.3, -0.25) is 0 Å². The molecule has 6 heteroatoms. The molecule has 0 aromatic heterocycles. The minimum absolute atomic E-state index is 0.513. The number of aliphatic hydroxyl groups excluding tert-OH is 1. The van der Waals surface area contributed by atoms with Crippen LogP contribution in [0.5, 0.6) is 5.75 Å². The maximum atomic E-state index is 11.0. The van der Waals surface area contributed by atoms with Gasteiger partial charge in [-0.25, -0.2) is 4.79 Å². The second kappa shape index (κ2) is 7.28. The third-order valence-corrected chi connectivity index (χ3v) is 3.80. The van der Waals surface area contributed by atoms with Gasteiger partial charge >= 0.3 is 6.09 Å². The average molecular weight is 294 g/mol. The lowest BCUT2D eigenvalue weighted by Gasteiger charge is -2.27. The number of methoxy groups -OCH3 is 1. The highest BCUT2D eigenvalue weighted by Crippen LogP contribution is 2.22. The maximum Gasteiger partial charge on any atom is 0.405 e. The quantitative estimate of drug-likeness (QED) is 0.740. The van der Waals surface area contributed by atoms with Gasteiger partial charge in [-0.05, 0) is 43.6 Å². The fraction of sp³-hybridized carbons (Fsp3) is 0.533. The molecule has 1 amide bonds. The number of benzene rings is 1. The largest absolute Gasteiger partial charge is 0.497 e. The van der Waals surface area contributed by atoms with E-state index in [9.17, 15) is 9.90 Å². The predicted octanol–water partition coefficient (Wildman–Crippen LogP) is 1.46. The molecule has 21 heavy (non-hydrogen) atoms. The van der Waals surface area contributed by atoms with Crippen LogP contribution in [0.3, 0.4) is 0 Å². The van der Waals surface area contributed by atoms with E-state index in [0.717, 1.165) is 25.9 Å². The summed E-state index contributed by atoms with van der Waals surface area (Å²) < 4.78 is 5.08. The molecule has 1 saturated heterocycles. The Bertz CT molecular complexity index is 457. The van der Waals surface area contributed by atoms with Gasteiger partial charge in [-0.15, -0.1) is 0 Å². The van der Waals surface area contributed by atoms with Crippen molar-refractivity contribution < 1.29 is 19.7 Å². The van der Waals surface area contributed by atoms with Crippen LogP contribution in [0.25, 0.3) is 0 Å². The van der Waals surface area contributed by atoms with Crippen molar-refractivity contribution in [2.24, 2.45) is 0 Å². The third-order valence-electron chi connectivity index (χ3n) is 3.80. The van der Waals surface area contributed by atoms with E-state index in [0.29, 0.717) is 17.9 Å². The number of hydrogen-bond acceptors (Lipinski definition) is 4. The lowest BCUT2D eigenvalue weighted by atomic mass is 10.0. The lowest BCUT2D eigenvalue weighted by molar-refractivity contribution is 0.102. The Morgan fingerprint density at radius 2 is 1.95 bits per heavy atom. The molecule has 1 fully saturated rings. The first-order chi connectivity index (χ1) is 10.1. The normalized spacial score (nSPS) is 18.2. The molecule has 2 rings (SSSR count). The molecule has 0 radical (unpaired) electrons. The molecule has 6 nitrogen and oxygen atoms in total. The van der Waals surface area contributed by atoms with E-state index < -0.39 is 18.2 Å². The summed E-state index contributed by atoms with van der Waals surface area (Å²) in [6.07, 6.45) is 0.246. The van der Waals surface area contributed by atoms with Crippen molar-refractivity contribution in [3.05, 3.63) is 29.8 Å². The first-order valence-corrected chi connectivity index (χ1v) is 7.14. The van der Waals surface area contributed by atoms with Crippen molar-refractivity contribution in [3.63, 3.8) is 0 Å². The van der Waals surface area contributed by atoms with Crippen LogP contribution in [0.1, 0.15) is 24.5 Å². The maximum absolute atomic E-state index is 11.0. The smallest absolute Gasteiger partial charge is 0.405 e. The van der Waals surface area contributed by atoms with Crippen molar-refractivity contribution in [1.29, 1.82) is 0 Å². The molecule has 1 aliphatic heterocycles. The Balaban J connectivity index is 2.07. The van der Waals surface area contributed by atoms with Gasteiger partial charge < -0.3 is 25.2 Å². The monoisotopic (exact) mass is 294 g/mol. The number of carboxylic acid groups (broad SMARTS) is 1. The molecule has 0 bridgehead atoms. The van der Waals surface area contributed by atoms with Gasteiger partial charge in [0, 0.05) is 6.54 Å². The standard InChI is InChI=1S/C15H22N2O4/c1-21-12-6-4-11(5-7-12)14(18)13(16-15(19)20)10-17-8-2-3-9-17/h4-7,13-14,16,18H,2-3,8-10H2,1H3,(H,19,20)/t13-,14+/m1/s1. The molecular formula is C15H22N2O4. The minimum Gasteiger partial charge on any atom is -0.497 e. The van der Waals surface area contributed by atoms with E-state index in [1.807, 2.05) is 0 Å². The molecule has 1 aromatic carbocycles. The fourth-order valence-corrected chi connectivity index (χ4v) is 2.66. The third kappa shape index (κ3) is 4.34. The molecule has 0 aliphatic carbocycles.